The van der Waals surface area contributed by atoms with Crippen molar-refractivity contribution in [1.29, 1.82) is 0 Å². The lowest BCUT2D eigenvalue weighted by atomic mass is 10.3. The smallest absolute Gasteiger partial charge is 0.353 e. The Kier molecular flexibility index (Phi) is 2.84. The van der Waals surface area contributed by atoms with E-state index in [1.807, 2.05) is 30.3 Å². The Balaban J connectivity index is 2.23. The van der Waals surface area contributed by atoms with Crippen LogP contribution in [0.1, 0.15) is 0 Å². The quantitative estimate of drug-likeness (QED) is 0.642. The lowest BCUT2D eigenvalue weighted by molar-refractivity contribution is -0.136. The van der Waals surface area contributed by atoms with Gasteiger partial charge in [0.15, 0.2) is 0 Å². The van der Waals surface area contributed by atoms with Crippen LogP contribution in [0.4, 0.5) is 5.69 Å². The molecule has 0 saturated carbocycles. The summed E-state index contributed by atoms with van der Waals surface area (Å²) in [6.07, 6.45) is 0. The summed E-state index contributed by atoms with van der Waals surface area (Å²) in [4.78, 5) is 11.0. The molecule has 1 N–H and O–H groups in total. The van der Waals surface area contributed by atoms with Gasteiger partial charge in [-0.3, -0.25) is 0 Å². The van der Waals surface area contributed by atoms with Crippen LogP contribution < -0.4 is 5.32 Å². The molecule has 0 spiro atoms. The molecule has 15 heavy (non-hydrogen) atoms. The maximum absolute atomic E-state index is 11.0. The van der Waals surface area contributed by atoms with Crippen molar-refractivity contribution in [2.75, 3.05) is 5.32 Å². The largest absolute Gasteiger partial charge is 0.435 e. The SMILES string of the molecule is O=C1OC(Cl)C(Nc2ccccc2)=C1Cl. The van der Waals surface area contributed by atoms with Crippen LogP contribution in [0.5, 0.6) is 0 Å². The summed E-state index contributed by atoms with van der Waals surface area (Å²) in [6, 6.07) is 9.28. The Hall–Kier alpha value is -1.19. The van der Waals surface area contributed by atoms with E-state index in [-0.39, 0.29) is 5.03 Å². The second-order valence-electron chi connectivity index (χ2n) is 2.94. The molecule has 0 aromatic heterocycles. The molecule has 5 heteroatoms. The minimum absolute atomic E-state index is 0.00106. The summed E-state index contributed by atoms with van der Waals surface area (Å²) >= 11 is 11.5. The predicted molar refractivity (Wildman–Crippen MR) is 58.7 cm³/mol. The topological polar surface area (TPSA) is 38.3 Å². The van der Waals surface area contributed by atoms with E-state index in [9.17, 15) is 4.79 Å². The number of para-hydroxylation sites is 1. The van der Waals surface area contributed by atoms with Crippen LogP contribution in [-0.4, -0.2) is 11.5 Å². The number of anilines is 1. The van der Waals surface area contributed by atoms with Crippen molar-refractivity contribution >= 4 is 34.9 Å². The van der Waals surface area contributed by atoms with Crippen molar-refractivity contribution in [3.8, 4) is 0 Å². The highest BCUT2D eigenvalue weighted by Gasteiger charge is 2.31. The average molecular weight is 244 g/mol. The summed E-state index contributed by atoms with van der Waals surface area (Å²) in [5.74, 6) is -0.602. The third-order valence-electron chi connectivity index (χ3n) is 1.91. The molecule has 1 aliphatic heterocycles. The van der Waals surface area contributed by atoms with Crippen LogP contribution in [0.25, 0.3) is 0 Å². The van der Waals surface area contributed by atoms with Gasteiger partial charge in [0.1, 0.15) is 5.03 Å². The minimum atomic E-state index is -0.842. The maximum atomic E-state index is 11.0. The summed E-state index contributed by atoms with van der Waals surface area (Å²) < 4.78 is 4.72. The third-order valence-corrected chi connectivity index (χ3v) is 2.57. The molecule has 1 heterocycles. The van der Waals surface area contributed by atoms with E-state index in [2.05, 4.69) is 5.32 Å². The van der Waals surface area contributed by atoms with Crippen molar-refractivity contribution in [1.82, 2.24) is 0 Å². The molecule has 0 radical (unpaired) electrons. The van der Waals surface area contributed by atoms with E-state index < -0.39 is 11.5 Å². The number of halogens is 2. The Morgan fingerprint density at radius 2 is 1.93 bits per heavy atom. The molecular weight excluding hydrogens is 237 g/mol. The van der Waals surface area contributed by atoms with Gasteiger partial charge in [0.05, 0.1) is 5.70 Å². The molecule has 1 aliphatic rings. The number of esters is 1. The van der Waals surface area contributed by atoms with Crippen LogP contribution >= 0.6 is 23.2 Å². The van der Waals surface area contributed by atoms with Crippen LogP contribution in [0.15, 0.2) is 41.1 Å². The van der Waals surface area contributed by atoms with Crippen molar-refractivity contribution in [2.45, 2.75) is 5.56 Å². The lowest BCUT2D eigenvalue weighted by Crippen LogP contribution is -2.09. The minimum Gasteiger partial charge on any atom is -0.435 e. The number of benzene rings is 1. The van der Waals surface area contributed by atoms with Crippen LogP contribution in [-0.2, 0) is 9.53 Å². The van der Waals surface area contributed by atoms with E-state index in [4.69, 9.17) is 27.9 Å². The molecule has 0 saturated heterocycles. The average Bonchev–Trinajstić information content (AvgIpc) is 2.47. The highest BCUT2D eigenvalue weighted by molar-refractivity contribution is 6.44. The van der Waals surface area contributed by atoms with E-state index in [1.165, 1.54) is 0 Å². The highest BCUT2D eigenvalue weighted by atomic mass is 35.5. The fourth-order valence-corrected chi connectivity index (χ4v) is 1.69. The number of hydrogen-bond donors (Lipinski definition) is 1. The molecule has 1 aromatic rings. The van der Waals surface area contributed by atoms with Gasteiger partial charge in [0.2, 0.25) is 5.56 Å². The lowest BCUT2D eigenvalue weighted by Gasteiger charge is -2.09. The number of nitrogens with one attached hydrogen (secondary N) is 1. The number of carbonyl (C=O) groups excluding carboxylic acids is 1. The van der Waals surface area contributed by atoms with Crippen molar-refractivity contribution in [2.24, 2.45) is 0 Å². The zero-order valence-corrected chi connectivity index (χ0v) is 9.05. The summed E-state index contributed by atoms with van der Waals surface area (Å²) in [5, 5.41) is 2.94. The third kappa shape index (κ3) is 2.08. The maximum Gasteiger partial charge on any atom is 0.353 e. The van der Waals surface area contributed by atoms with Gasteiger partial charge in [-0.2, -0.15) is 0 Å². The number of ether oxygens (including phenoxy) is 1. The molecule has 0 bridgehead atoms. The van der Waals surface area contributed by atoms with E-state index >= 15 is 0 Å². The predicted octanol–water partition coefficient (Wildman–Crippen LogP) is 2.67. The van der Waals surface area contributed by atoms with Crippen molar-refractivity contribution in [3.63, 3.8) is 0 Å². The monoisotopic (exact) mass is 243 g/mol. The fourth-order valence-electron chi connectivity index (χ4n) is 1.20. The summed E-state index contributed by atoms with van der Waals surface area (Å²) in [6.45, 7) is 0. The first-order chi connectivity index (χ1) is 7.18. The normalized spacial score (nSPS) is 20.4. The number of alkyl halides is 1. The Morgan fingerprint density at radius 1 is 1.27 bits per heavy atom. The molecule has 1 unspecified atom stereocenters. The Bertz CT molecular complexity index is 417. The summed E-state index contributed by atoms with van der Waals surface area (Å²) in [7, 11) is 0. The van der Waals surface area contributed by atoms with Gasteiger partial charge in [-0.05, 0) is 12.1 Å². The Labute approximate surface area is 96.6 Å². The number of carbonyl (C=O) groups is 1. The number of cyclic esters (lactones) is 1. The molecule has 0 fully saturated rings. The molecule has 1 aromatic carbocycles. The van der Waals surface area contributed by atoms with Gasteiger partial charge < -0.3 is 10.1 Å². The standard InChI is InChI=1S/C10H7Cl2NO2/c11-7-8(9(12)15-10(7)14)13-6-4-2-1-3-5-6/h1-5,9,13H. The van der Waals surface area contributed by atoms with Crippen LogP contribution in [0, 0.1) is 0 Å². The van der Waals surface area contributed by atoms with E-state index in [0.29, 0.717) is 5.70 Å². The first kappa shape index (κ1) is 10.3. The number of hydrogen-bond acceptors (Lipinski definition) is 3. The van der Waals surface area contributed by atoms with Crippen molar-refractivity contribution in [3.05, 3.63) is 41.1 Å². The highest BCUT2D eigenvalue weighted by Crippen LogP contribution is 2.28. The van der Waals surface area contributed by atoms with Gasteiger partial charge >= 0.3 is 5.97 Å². The van der Waals surface area contributed by atoms with Crippen LogP contribution in [0.2, 0.25) is 0 Å². The van der Waals surface area contributed by atoms with Gasteiger partial charge in [0.25, 0.3) is 0 Å². The molecule has 3 nitrogen and oxygen atoms in total. The summed E-state index contributed by atoms with van der Waals surface area (Å²) in [5.41, 5.74) is 0.342. The zero-order chi connectivity index (χ0) is 10.8. The molecule has 78 valence electrons. The van der Waals surface area contributed by atoms with Gasteiger partial charge in [0, 0.05) is 5.69 Å². The second-order valence-corrected chi connectivity index (χ2v) is 3.71. The number of rotatable bonds is 2. The molecule has 0 amide bonds. The van der Waals surface area contributed by atoms with Gasteiger partial charge in [-0.15, -0.1) is 0 Å². The van der Waals surface area contributed by atoms with E-state index in [0.717, 1.165) is 5.69 Å². The molecule has 2 rings (SSSR count). The van der Waals surface area contributed by atoms with Gasteiger partial charge in [-0.1, -0.05) is 41.4 Å². The molecular formula is C10H7Cl2NO2. The zero-order valence-electron chi connectivity index (χ0n) is 7.54. The van der Waals surface area contributed by atoms with Crippen LogP contribution in [0.3, 0.4) is 0 Å². The van der Waals surface area contributed by atoms with Gasteiger partial charge in [-0.25, -0.2) is 4.79 Å². The van der Waals surface area contributed by atoms with Crippen molar-refractivity contribution < 1.29 is 9.53 Å². The molecule has 1 atom stereocenters. The fraction of sp³-hybridized carbons (Fsp3) is 0.100. The van der Waals surface area contributed by atoms with E-state index in [1.54, 1.807) is 0 Å². The molecule has 0 aliphatic carbocycles. The first-order valence-corrected chi connectivity index (χ1v) is 5.06. The first-order valence-electron chi connectivity index (χ1n) is 4.25. The Morgan fingerprint density at radius 3 is 2.47 bits per heavy atom. The second kappa shape index (κ2) is 4.13.